The molecule has 1 heterocycles. The Morgan fingerprint density at radius 2 is 2.00 bits per heavy atom. The van der Waals surface area contributed by atoms with Gasteiger partial charge >= 0.3 is 12.1 Å². The molecule has 0 bridgehead atoms. The number of carbonyl (C=O) groups excluding carboxylic acids is 1. The van der Waals surface area contributed by atoms with E-state index >= 15 is 0 Å². The van der Waals surface area contributed by atoms with Crippen molar-refractivity contribution < 1.29 is 28.2 Å². The zero-order valence-electron chi connectivity index (χ0n) is 12.2. The Bertz CT molecular complexity index is 392. The van der Waals surface area contributed by atoms with Gasteiger partial charge < -0.3 is 9.84 Å². The van der Waals surface area contributed by atoms with E-state index in [0.717, 1.165) is 4.90 Å². The number of carboxylic acid groups (broad SMARTS) is 1. The second-order valence-electron chi connectivity index (χ2n) is 6.31. The lowest BCUT2D eigenvalue weighted by Gasteiger charge is -2.30. The smallest absolute Gasteiger partial charge is 0.410 e. The third kappa shape index (κ3) is 4.61. The van der Waals surface area contributed by atoms with Crippen molar-refractivity contribution in [2.45, 2.75) is 58.1 Å². The summed E-state index contributed by atoms with van der Waals surface area (Å²) in [6, 6.07) is -0.823. The first-order valence-electron chi connectivity index (χ1n) is 6.50. The molecule has 1 rings (SSSR count). The van der Waals surface area contributed by atoms with Crippen LogP contribution in [0.3, 0.4) is 0 Å². The fourth-order valence-corrected chi connectivity index (χ4v) is 2.29. The second-order valence-corrected chi connectivity index (χ2v) is 6.31. The largest absolute Gasteiger partial charge is 0.481 e. The molecule has 0 spiro atoms. The number of ether oxygens (including phenoxy) is 1. The molecule has 2 atom stereocenters. The highest BCUT2D eigenvalue weighted by atomic mass is 19.3. The standard InChI is InChI=1S/C13H21F2NO4/c1-8(5-10(17)18)9-6-13(14,15)7-16(9)11(19)20-12(2,3)4/h8-9H,5-7H2,1-4H3,(H,17,18)/t8?,9-/m0/s1. The van der Waals surface area contributed by atoms with E-state index in [2.05, 4.69) is 0 Å². The maximum atomic E-state index is 13.5. The fraction of sp³-hybridized carbons (Fsp3) is 0.846. The van der Waals surface area contributed by atoms with Gasteiger partial charge in [0.1, 0.15) is 5.60 Å². The van der Waals surface area contributed by atoms with Gasteiger partial charge in [-0.2, -0.15) is 0 Å². The number of likely N-dealkylation sites (tertiary alicyclic amines) is 1. The number of carbonyl (C=O) groups is 2. The normalized spacial score (nSPS) is 23.5. The van der Waals surface area contributed by atoms with E-state index in [1.807, 2.05) is 0 Å². The summed E-state index contributed by atoms with van der Waals surface area (Å²) in [5.41, 5.74) is -0.782. The summed E-state index contributed by atoms with van der Waals surface area (Å²) in [5.74, 6) is -4.64. The third-order valence-electron chi connectivity index (χ3n) is 3.09. The Kier molecular flexibility index (Phi) is 4.61. The summed E-state index contributed by atoms with van der Waals surface area (Å²) in [6.07, 6.45) is -1.61. The molecule has 1 saturated heterocycles. The summed E-state index contributed by atoms with van der Waals surface area (Å²) in [7, 11) is 0. The highest BCUT2D eigenvalue weighted by molar-refractivity contribution is 5.70. The first kappa shape index (κ1) is 16.7. The van der Waals surface area contributed by atoms with Crippen LogP contribution in [0.25, 0.3) is 0 Å². The van der Waals surface area contributed by atoms with Crippen molar-refractivity contribution in [2.24, 2.45) is 5.92 Å². The van der Waals surface area contributed by atoms with E-state index in [-0.39, 0.29) is 6.42 Å². The molecule has 1 aliphatic heterocycles. The first-order valence-corrected chi connectivity index (χ1v) is 6.50. The van der Waals surface area contributed by atoms with E-state index in [4.69, 9.17) is 9.84 Å². The molecule has 0 aromatic carbocycles. The van der Waals surface area contributed by atoms with Gasteiger partial charge in [0, 0.05) is 18.9 Å². The van der Waals surface area contributed by atoms with Gasteiger partial charge in [-0.1, -0.05) is 6.92 Å². The number of nitrogens with zero attached hydrogens (tertiary/aromatic N) is 1. The summed E-state index contributed by atoms with van der Waals surface area (Å²) < 4.78 is 32.2. The Hall–Kier alpha value is -1.40. The van der Waals surface area contributed by atoms with Gasteiger partial charge in [-0.05, 0) is 26.7 Å². The Balaban J connectivity index is 2.85. The average Bonchev–Trinajstić information content (AvgIpc) is 2.51. The predicted molar refractivity (Wildman–Crippen MR) is 67.7 cm³/mol. The maximum absolute atomic E-state index is 13.5. The Morgan fingerprint density at radius 3 is 2.45 bits per heavy atom. The third-order valence-corrected chi connectivity index (χ3v) is 3.09. The molecular formula is C13H21F2NO4. The zero-order chi connectivity index (χ0) is 15.7. The summed E-state index contributed by atoms with van der Waals surface area (Å²) >= 11 is 0. The molecule has 1 N–H and O–H groups in total. The summed E-state index contributed by atoms with van der Waals surface area (Å²) in [5, 5.41) is 8.76. The van der Waals surface area contributed by atoms with Crippen molar-refractivity contribution >= 4 is 12.1 Å². The number of halogens is 2. The van der Waals surface area contributed by atoms with Crippen LogP contribution in [0.4, 0.5) is 13.6 Å². The van der Waals surface area contributed by atoms with Crippen LogP contribution in [0.2, 0.25) is 0 Å². The van der Waals surface area contributed by atoms with E-state index in [0.29, 0.717) is 0 Å². The molecule has 0 aromatic rings. The van der Waals surface area contributed by atoms with Crippen molar-refractivity contribution in [1.29, 1.82) is 0 Å². The van der Waals surface area contributed by atoms with Crippen LogP contribution in [-0.4, -0.2) is 46.2 Å². The van der Waals surface area contributed by atoms with Crippen LogP contribution < -0.4 is 0 Å². The lowest BCUT2D eigenvalue weighted by atomic mass is 9.96. The van der Waals surface area contributed by atoms with Crippen molar-refractivity contribution in [3.05, 3.63) is 0 Å². The molecule has 7 heteroatoms. The fourth-order valence-electron chi connectivity index (χ4n) is 2.29. The minimum Gasteiger partial charge on any atom is -0.481 e. The molecular weight excluding hydrogens is 272 g/mol. The van der Waals surface area contributed by atoms with Crippen LogP contribution in [0.15, 0.2) is 0 Å². The highest BCUT2D eigenvalue weighted by Gasteiger charge is 2.50. The molecule has 1 aliphatic rings. The molecule has 20 heavy (non-hydrogen) atoms. The molecule has 0 aliphatic carbocycles. The van der Waals surface area contributed by atoms with Crippen molar-refractivity contribution in [1.82, 2.24) is 4.90 Å². The predicted octanol–water partition coefficient (Wildman–Crippen LogP) is 2.74. The van der Waals surface area contributed by atoms with Crippen LogP contribution in [-0.2, 0) is 9.53 Å². The van der Waals surface area contributed by atoms with Crippen molar-refractivity contribution in [2.75, 3.05) is 6.54 Å². The van der Waals surface area contributed by atoms with E-state index in [9.17, 15) is 18.4 Å². The maximum Gasteiger partial charge on any atom is 0.410 e. The molecule has 116 valence electrons. The number of amides is 1. The molecule has 1 unspecified atom stereocenters. The van der Waals surface area contributed by atoms with E-state index in [1.54, 1.807) is 27.7 Å². The minimum absolute atomic E-state index is 0.264. The SMILES string of the molecule is CC(CC(=O)O)[C@@H]1CC(F)(F)CN1C(=O)OC(C)(C)C. The Morgan fingerprint density at radius 1 is 1.45 bits per heavy atom. The summed E-state index contributed by atoms with van der Waals surface area (Å²) in [4.78, 5) is 23.6. The van der Waals surface area contributed by atoms with Crippen LogP contribution in [0, 0.1) is 5.92 Å². The van der Waals surface area contributed by atoms with E-state index in [1.165, 1.54) is 0 Å². The lowest BCUT2D eigenvalue weighted by Crippen LogP contribution is -2.43. The molecule has 1 amide bonds. The van der Waals surface area contributed by atoms with Gasteiger partial charge in [0.15, 0.2) is 0 Å². The van der Waals surface area contributed by atoms with Gasteiger partial charge in [-0.15, -0.1) is 0 Å². The zero-order valence-corrected chi connectivity index (χ0v) is 12.2. The minimum atomic E-state index is -3.01. The number of hydrogen-bond acceptors (Lipinski definition) is 3. The van der Waals surface area contributed by atoms with Gasteiger partial charge in [0.25, 0.3) is 5.92 Å². The van der Waals surface area contributed by atoms with Gasteiger partial charge in [-0.25, -0.2) is 13.6 Å². The monoisotopic (exact) mass is 293 g/mol. The first-order chi connectivity index (χ1) is 8.91. The number of carboxylic acids is 1. The van der Waals surface area contributed by atoms with Crippen LogP contribution in [0.5, 0.6) is 0 Å². The highest BCUT2D eigenvalue weighted by Crippen LogP contribution is 2.37. The van der Waals surface area contributed by atoms with E-state index < -0.39 is 48.5 Å². The number of hydrogen-bond donors (Lipinski definition) is 1. The molecule has 0 saturated carbocycles. The topological polar surface area (TPSA) is 66.8 Å². The molecule has 5 nitrogen and oxygen atoms in total. The second kappa shape index (κ2) is 5.54. The molecule has 0 radical (unpaired) electrons. The summed E-state index contributed by atoms with van der Waals surface area (Å²) in [6.45, 7) is 5.77. The number of rotatable bonds is 3. The van der Waals surface area contributed by atoms with Gasteiger partial charge in [0.05, 0.1) is 6.54 Å². The number of aliphatic carboxylic acids is 1. The Labute approximate surface area is 116 Å². The van der Waals surface area contributed by atoms with Gasteiger partial charge in [0.2, 0.25) is 0 Å². The number of alkyl halides is 2. The van der Waals surface area contributed by atoms with Crippen molar-refractivity contribution in [3.63, 3.8) is 0 Å². The molecule has 0 aromatic heterocycles. The van der Waals surface area contributed by atoms with Crippen LogP contribution in [0.1, 0.15) is 40.5 Å². The average molecular weight is 293 g/mol. The van der Waals surface area contributed by atoms with Crippen molar-refractivity contribution in [3.8, 4) is 0 Å². The van der Waals surface area contributed by atoms with Crippen LogP contribution >= 0.6 is 0 Å². The molecule has 1 fully saturated rings. The quantitative estimate of drug-likeness (QED) is 0.869. The lowest BCUT2D eigenvalue weighted by molar-refractivity contribution is -0.138. The van der Waals surface area contributed by atoms with Gasteiger partial charge in [-0.3, -0.25) is 9.69 Å².